The van der Waals surface area contributed by atoms with Crippen molar-refractivity contribution in [3.05, 3.63) is 23.8 Å². The Bertz CT molecular complexity index is 744. The van der Waals surface area contributed by atoms with Crippen molar-refractivity contribution >= 4 is 23.2 Å². The van der Waals surface area contributed by atoms with E-state index in [0.29, 0.717) is 36.1 Å². The summed E-state index contributed by atoms with van der Waals surface area (Å²) in [5.41, 5.74) is 2.51. The summed E-state index contributed by atoms with van der Waals surface area (Å²) in [5, 5.41) is 6.07. The quantitative estimate of drug-likeness (QED) is 0.556. The van der Waals surface area contributed by atoms with E-state index in [9.17, 15) is 9.59 Å². The average Bonchev–Trinajstić information content (AvgIpc) is 2.65. The van der Waals surface area contributed by atoms with Crippen molar-refractivity contribution in [2.45, 2.75) is 74.1 Å². The summed E-state index contributed by atoms with van der Waals surface area (Å²) in [5.74, 6) is 1.35. The third-order valence-electron chi connectivity index (χ3n) is 5.81. The Labute approximate surface area is 189 Å². The second kappa shape index (κ2) is 11.0. The van der Waals surface area contributed by atoms with Crippen LogP contribution in [0.3, 0.4) is 0 Å². The minimum Gasteiger partial charge on any atom is -0.371 e. The van der Waals surface area contributed by atoms with Crippen LogP contribution in [-0.2, 0) is 4.79 Å². The third kappa shape index (κ3) is 8.54. The number of carbonyl (C=O) groups excluding carboxylic acids is 2. The molecule has 2 amide bonds. The van der Waals surface area contributed by atoms with Crippen LogP contribution in [0.2, 0.25) is 0 Å². The van der Waals surface area contributed by atoms with E-state index >= 15 is 0 Å². The summed E-state index contributed by atoms with van der Waals surface area (Å²) in [6, 6.07) is 5.77. The lowest BCUT2D eigenvalue weighted by Crippen LogP contribution is -2.35. The second-order valence-corrected chi connectivity index (χ2v) is 11.1. The van der Waals surface area contributed by atoms with Crippen LogP contribution in [0.5, 0.6) is 0 Å². The first-order valence-corrected chi connectivity index (χ1v) is 11.9. The van der Waals surface area contributed by atoms with Gasteiger partial charge in [0.1, 0.15) is 0 Å². The van der Waals surface area contributed by atoms with Gasteiger partial charge in [-0.2, -0.15) is 0 Å². The molecule has 1 aromatic rings. The molecule has 0 saturated carbocycles. The lowest BCUT2D eigenvalue weighted by molar-refractivity contribution is -0.117. The van der Waals surface area contributed by atoms with Gasteiger partial charge in [0.05, 0.1) is 5.56 Å². The zero-order valence-electron chi connectivity index (χ0n) is 20.7. The number of nitrogens with zero attached hydrogens (tertiary/aromatic N) is 1. The molecule has 5 heteroatoms. The third-order valence-corrected chi connectivity index (χ3v) is 5.81. The molecule has 1 aromatic carbocycles. The molecule has 0 aromatic heterocycles. The summed E-state index contributed by atoms with van der Waals surface area (Å²) in [4.78, 5) is 27.9. The van der Waals surface area contributed by atoms with Crippen molar-refractivity contribution < 1.29 is 9.59 Å². The van der Waals surface area contributed by atoms with E-state index in [2.05, 4.69) is 64.0 Å². The molecule has 31 heavy (non-hydrogen) atoms. The molecule has 0 bridgehead atoms. The zero-order valence-corrected chi connectivity index (χ0v) is 20.7. The summed E-state index contributed by atoms with van der Waals surface area (Å²) in [6.07, 6.45) is 3.75. The van der Waals surface area contributed by atoms with E-state index in [-0.39, 0.29) is 17.2 Å². The van der Waals surface area contributed by atoms with Gasteiger partial charge in [0.25, 0.3) is 5.91 Å². The largest absolute Gasteiger partial charge is 0.371 e. The number of nitrogens with one attached hydrogen (secondary N) is 2. The molecule has 1 heterocycles. The molecule has 1 atom stereocenters. The number of benzene rings is 1. The number of amides is 2. The second-order valence-electron chi connectivity index (χ2n) is 11.1. The van der Waals surface area contributed by atoms with Gasteiger partial charge in [0.2, 0.25) is 5.91 Å². The van der Waals surface area contributed by atoms with Gasteiger partial charge in [-0.3, -0.25) is 9.59 Å². The lowest BCUT2D eigenvalue weighted by atomic mass is 9.84. The van der Waals surface area contributed by atoms with Gasteiger partial charge in [0.15, 0.2) is 0 Å². The van der Waals surface area contributed by atoms with Gasteiger partial charge in [0, 0.05) is 37.4 Å². The SMILES string of the molecule is CC(C)CNC(=O)c1cc(NC(=O)CC(C)CC(C)(C)C)ccc1N1CCC(C)CC1. The van der Waals surface area contributed by atoms with Crippen molar-refractivity contribution in [2.75, 3.05) is 29.9 Å². The fourth-order valence-corrected chi connectivity index (χ4v) is 4.36. The minimum atomic E-state index is -0.0699. The fourth-order valence-electron chi connectivity index (χ4n) is 4.36. The maximum Gasteiger partial charge on any atom is 0.253 e. The topological polar surface area (TPSA) is 61.4 Å². The highest BCUT2D eigenvalue weighted by molar-refractivity contribution is 6.02. The van der Waals surface area contributed by atoms with E-state index in [1.807, 2.05) is 18.2 Å². The van der Waals surface area contributed by atoms with Crippen LogP contribution in [0.25, 0.3) is 0 Å². The predicted molar refractivity (Wildman–Crippen MR) is 131 cm³/mol. The highest BCUT2D eigenvalue weighted by atomic mass is 16.2. The first-order valence-electron chi connectivity index (χ1n) is 11.9. The van der Waals surface area contributed by atoms with Gasteiger partial charge < -0.3 is 15.5 Å². The van der Waals surface area contributed by atoms with E-state index in [1.54, 1.807) is 0 Å². The molecule has 0 radical (unpaired) electrons. The van der Waals surface area contributed by atoms with Crippen LogP contribution >= 0.6 is 0 Å². The maximum atomic E-state index is 13.0. The monoisotopic (exact) mass is 429 g/mol. The van der Waals surface area contributed by atoms with Crippen molar-refractivity contribution in [3.8, 4) is 0 Å². The van der Waals surface area contributed by atoms with E-state index < -0.39 is 0 Å². The first-order chi connectivity index (χ1) is 14.4. The minimum absolute atomic E-state index is 0.00448. The predicted octanol–water partition coefficient (Wildman–Crippen LogP) is 5.71. The Morgan fingerprint density at radius 1 is 1.13 bits per heavy atom. The number of carbonyl (C=O) groups is 2. The van der Waals surface area contributed by atoms with Gasteiger partial charge in [-0.1, -0.05) is 48.5 Å². The summed E-state index contributed by atoms with van der Waals surface area (Å²) >= 11 is 0. The number of rotatable bonds is 8. The van der Waals surface area contributed by atoms with Crippen molar-refractivity contribution in [1.82, 2.24) is 5.32 Å². The molecule has 1 fully saturated rings. The van der Waals surface area contributed by atoms with Gasteiger partial charge in [-0.25, -0.2) is 0 Å². The molecule has 1 unspecified atom stereocenters. The normalized spacial score (nSPS) is 16.3. The van der Waals surface area contributed by atoms with Crippen molar-refractivity contribution in [3.63, 3.8) is 0 Å². The molecule has 2 rings (SSSR count). The van der Waals surface area contributed by atoms with Gasteiger partial charge in [-0.15, -0.1) is 0 Å². The summed E-state index contributed by atoms with van der Waals surface area (Å²) < 4.78 is 0. The molecular weight excluding hydrogens is 386 g/mol. The lowest BCUT2D eigenvalue weighted by Gasteiger charge is -2.33. The number of anilines is 2. The number of hydrogen-bond acceptors (Lipinski definition) is 3. The standard InChI is InChI=1S/C26H43N3O2/c1-18(2)17-27-25(31)22-15-21(28-24(30)14-20(4)16-26(5,6)7)8-9-23(22)29-12-10-19(3)11-13-29/h8-9,15,18-20H,10-14,16-17H2,1-7H3,(H,27,31)(H,28,30). The molecular formula is C26H43N3O2. The number of hydrogen-bond donors (Lipinski definition) is 2. The smallest absolute Gasteiger partial charge is 0.253 e. The van der Waals surface area contributed by atoms with E-state index in [1.165, 1.54) is 0 Å². The van der Waals surface area contributed by atoms with Crippen molar-refractivity contribution in [2.24, 2.45) is 23.2 Å². The fraction of sp³-hybridized carbons (Fsp3) is 0.692. The zero-order chi connectivity index (χ0) is 23.2. The Morgan fingerprint density at radius 3 is 2.35 bits per heavy atom. The van der Waals surface area contributed by atoms with Crippen LogP contribution in [-0.4, -0.2) is 31.4 Å². The van der Waals surface area contributed by atoms with Crippen molar-refractivity contribution in [1.29, 1.82) is 0 Å². The Kier molecular flexibility index (Phi) is 8.96. The average molecular weight is 430 g/mol. The van der Waals surface area contributed by atoms with Gasteiger partial charge >= 0.3 is 0 Å². The maximum absolute atomic E-state index is 13.0. The summed E-state index contributed by atoms with van der Waals surface area (Å²) in [7, 11) is 0. The van der Waals surface area contributed by atoms with Crippen LogP contribution in [0.15, 0.2) is 18.2 Å². The number of piperidine rings is 1. The molecule has 1 saturated heterocycles. The Balaban J connectivity index is 2.16. The Hall–Kier alpha value is -2.04. The first kappa shape index (κ1) is 25.2. The van der Waals surface area contributed by atoms with Crippen LogP contribution in [0.1, 0.15) is 84.5 Å². The molecule has 1 aliphatic heterocycles. The summed E-state index contributed by atoms with van der Waals surface area (Å²) in [6.45, 7) is 17.7. The van der Waals surface area contributed by atoms with E-state index in [0.717, 1.165) is 44.0 Å². The van der Waals surface area contributed by atoms with Gasteiger partial charge in [-0.05, 0) is 60.6 Å². The molecule has 174 valence electrons. The molecule has 5 nitrogen and oxygen atoms in total. The molecule has 0 spiro atoms. The Morgan fingerprint density at radius 2 is 1.77 bits per heavy atom. The highest BCUT2D eigenvalue weighted by Crippen LogP contribution is 2.30. The molecule has 2 N–H and O–H groups in total. The van der Waals surface area contributed by atoms with Crippen LogP contribution < -0.4 is 15.5 Å². The highest BCUT2D eigenvalue weighted by Gasteiger charge is 2.22. The molecule has 1 aliphatic rings. The molecule has 0 aliphatic carbocycles. The van der Waals surface area contributed by atoms with E-state index in [4.69, 9.17) is 0 Å². The van der Waals surface area contributed by atoms with Crippen LogP contribution in [0, 0.1) is 23.2 Å². The van der Waals surface area contributed by atoms with Crippen LogP contribution in [0.4, 0.5) is 11.4 Å².